The number of halogens is 2. The van der Waals surface area contributed by atoms with Gasteiger partial charge in [-0.3, -0.25) is 9.59 Å². The SMILES string of the molecule is CN1CCN(C(=O)[C@@H]2C[C@H](N(C(=O)C3CCCO3)c3ccc(F)cc3F)CN2)CC1. The van der Waals surface area contributed by atoms with Crippen molar-refractivity contribution in [3.8, 4) is 0 Å². The second kappa shape index (κ2) is 8.95. The van der Waals surface area contributed by atoms with Crippen LogP contribution in [0.3, 0.4) is 0 Å². The highest BCUT2D eigenvalue weighted by Crippen LogP contribution is 2.29. The van der Waals surface area contributed by atoms with E-state index in [-0.39, 0.29) is 17.5 Å². The first-order valence-electron chi connectivity index (χ1n) is 10.5. The van der Waals surface area contributed by atoms with Crippen LogP contribution in [0, 0.1) is 11.6 Å². The van der Waals surface area contributed by atoms with Crippen molar-refractivity contribution < 1.29 is 23.1 Å². The predicted molar refractivity (Wildman–Crippen MR) is 107 cm³/mol. The van der Waals surface area contributed by atoms with Gasteiger partial charge in [0, 0.05) is 45.4 Å². The Morgan fingerprint density at radius 3 is 2.63 bits per heavy atom. The van der Waals surface area contributed by atoms with Crippen LogP contribution >= 0.6 is 0 Å². The standard InChI is InChI=1S/C21H28F2N4O3/c1-25-6-8-26(9-7-25)20(28)17-12-15(13-24-17)27(21(29)19-3-2-10-30-19)18-5-4-14(22)11-16(18)23/h4-5,11,15,17,19,24H,2-3,6-10,12-13H2,1H3/t15-,17-,19?/m0/s1. The summed E-state index contributed by atoms with van der Waals surface area (Å²) in [6.45, 7) is 3.84. The molecular weight excluding hydrogens is 394 g/mol. The van der Waals surface area contributed by atoms with Crippen LogP contribution in [0.25, 0.3) is 0 Å². The molecule has 1 aromatic rings. The Balaban J connectivity index is 1.52. The molecule has 1 aromatic carbocycles. The summed E-state index contributed by atoms with van der Waals surface area (Å²) in [5, 5.41) is 3.21. The number of ether oxygens (including phenoxy) is 1. The predicted octanol–water partition coefficient (Wildman–Crippen LogP) is 0.981. The molecule has 164 valence electrons. The molecule has 3 aliphatic rings. The van der Waals surface area contributed by atoms with E-state index >= 15 is 0 Å². The molecule has 3 fully saturated rings. The van der Waals surface area contributed by atoms with E-state index in [1.165, 1.54) is 11.0 Å². The monoisotopic (exact) mass is 422 g/mol. The van der Waals surface area contributed by atoms with E-state index in [9.17, 15) is 18.4 Å². The highest BCUT2D eigenvalue weighted by molar-refractivity contribution is 5.97. The highest BCUT2D eigenvalue weighted by Gasteiger charge is 2.41. The number of piperazine rings is 1. The highest BCUT2D eigenvalue weighted by atomic mass is 19.1. The van der Waals surface area contributed by atoms with E-state index in [0.29, 0.717) is 39.1 Å². The molecule has 7 nitrogen and oxygen atoms in total. The summed E-state index contributed by atoms with van der Waals surface area (Å²) in [6, 6.07) is 2.36. The molecule has 3 heterocycles. The van der Waals surface area contributed by atoms with Crippen molar-refractivity contribution in [1.29, 1.82) is 0 Å². The van der Waals surface area contributed by atoms with Gasteiger partial charge in [-0.2, -0.15) is 0 Å². The fourth-order valence-electron chi connectivity index (χ4n) is 4.45. The fraction of sp³-hybridized carbons (Fsp3) is 0.619. The normalized spacial score (nSPS) is 27.4. The molecule has 9 heteroatoms. The molecule has 4 rings (SSSR count). The first-order chi connectivity index (χ1) is 14.4. The molecule has 0 saturated carbocycles. The second-order valence-electron chi connectivity index (χ2n) is 8.28. The molecule has 0 spiro atoms. The average molecular weight is 422 g/mol. The molecule has 3 atom stereocenters. The number of likely N-dealkylation sites (N-methyl/N-ethyl adjacent to an activating group) is 1. The first kappa shape index (κ1) is 21.1. The second-order valence-corrected chi connectivity index (χ2v) is 8.28. The minimum absolute atomic E-state index is 0.00898. The third kappa shape index (κ3) is 4.33. The number of hydrogen-bond acceptors (Lipinski definition) is 5. The van der Waals surface area contributed by atoms with Crippen molar-refractivity contribution in [1.82, 2.24) is 15.1 Å². The van der Waals surface area contributed by atoms with Crippen LogP contribution in [0.1, 0.15) is 19.3 Å². The topological polar surface area (TPSA) is 65.1 Å². The minimum atomic E-state index is -0.796. The Morgan fingerprint density at radius 2 is 1.97 bits per heavy atom. The first-order valence-corrected chi connectivity index (χ1v) is 10.5. The number of nitrogens with zero attached hydrogens (tertiary/aromatic N) is 3. The smallest absolute Gasteiger partial charge is 0.256 e. The van der Waals surface area contributed by atoms with Gasteiger partial charge in [0.05, 0.1) is 17.8 Å². The van der Waals surface area contributed by atoms with Crippen molar-refractivity contribution >= 4 is 17.5 Å². The molecule has 1 N–H and O–H groups in total. The Labute approximate surface area is 174 Å². The van der Waals surface area contributed by atoms with Crippen LogP contribution in [0.4, 0.5) is 14.5 Å². The zero-order chi connectivity index (χ0) is 21.3. The zero-order valence-corrected chi connectivity index (χ0v) is 17.2. The lowest BCUT2D eigenvalue weighted by molar-refractivity contribution is -0.134. The molecule has 0 radical (unpaired) electrons. The van der Waals surface area contributed by atoms with E-state index in [4.69, 9.17) is 4.74 Å². The van der Waals surface area contributed by atoms with Gasteiger partial charge in [-0.05, 0) is 38.4 Å². The van der Waals surface area contributed by atoms with E-state index in [1.54, 1.807) is 0 Å². The number of rotatable bonds is 4. The number of amides is 2. The van der Waals surface area contributed by atoms with Gasteiger partial charge in [-0.1, -0.05) is 0 Å². The maximum atomic E-state index is 14.6. The van der Waals surface area contributed by atoms with Gasteiger partial charge >= 0.3 is 0 Å². The van der Waals surface area contributed by atoms with Gasteiger partial charge in [-0.25, -0.2) is 8.78 Å². The Kier molecular flexibility index (Phi) is 6.31. The zero-order valence-electron chi connectivity index (χ0n) is 17.2. The van der Waals surface area contributed by atoms with Crippen LogP contribution < -0.4 is 10.2 Å². The van der Waals surface area contributed by atoms with Crippen molar-refractivity contribution in [2.45, 2.75) is 37.5 Å². The number of carbonyl (C=O) groups is 2. The summed E-state index contributed by atoms with van der Waals surface area (Å²) in [5.74, 6) is -1.82. The van der Waals surface area contributed by atoms with Crippen molar-refractivity contribution in [2.75, 3.05) is 51.3 Å². The maximum Gasteiger partial charge on any atom is 0.256 e. The molecule has 0 bridgehead atoms. The lowest BCUT2D eigenvalue weighted by atomic mass is 10.1. The van der Waals surface area contributed by atoms with Crippen LogP contribution in [0.2, 0.25) is 0 Å². The van der Waals surface area contributed by atoms with Crippen LogP contribution in [-0.4, -0.2) is 86.2 Å². The van der Waals surface area contributed by atoms with Crippen LogP contribution in [0.5, 0.6) is 0 Å². The van der Waals surface area contributed by atoms with E-state index in [0.717, 1.165) is 31.6 Å². The van der Waals surface area contributed by atoms with Crippen LogP contribution in [0.15, 0.2) is 18.2 Å². The molecule has 30 heavy (non-hydrogen) atoms. The molecule has 3 saturated heterocycles. The molecule has 0 aromatic heterocycles. The van der Waals surface area contributed by atoms with Crippen molar-refractivity contribution in [2.24, 2.45) is 0 Å². The Morgan fingerprint density at radius 1 is 1.20 bits per heavy atom. The van der Waals surface area contributed by atoms with Gasteiger partial charge < -0.3 is 24.8 Å². The summed E-state index contributed by atoms with van der Waals surface area (Å²) in [5.41, 5.74) is 0.0244. The molecule has 0 aliphatic carbocycles. The number of anilines is 1. The maximum absolute atomic E-state index is 14.6. The third-order valence-electron chi connectivity index (χ3n) is 6.20. The van der Waals surface area contributed by atoms with E-state index < -0.39 is 29.8 Å². The van der Waals surface area contributed by atoms with E-state index in [1.807, 2.05) is 11.9 Å². The molecule has 3 aliphatic heterocycles. The summed E-state index contributed by atoms with van der Waals surface area (Å²) < 4.78 is 33.6. The lowest BCUT2D eigenvalue weighted by Gasteiger charge is -2.34. The van der Waals surface area contributed by atoms with Crippen molar-refractivity contribution in [3.63, 3.8) is 0 Å². The number of hydrogen-bond donors (Lipinski definition) is 1. The number of benzene rings is 1. The molecular formula is C21H28F2N4O3. The average Bonchev–Trinajstić information content (AvgIpc) is 3.42. The lowest BCUT2D eigenvalue weighted by Crippen LogP contribution is -2.52. The molecule has 1 unspecified atom stereocenters. The summed E-state index contributed by atoms with van der Waals surface area (Å²) in [6.07, 6.45) is 1.08. The summed E-state index contributed by atoms with van der Waals surface area (Å²) >= 11 is 0. The van der Waals surface area contributed by atoms with Gasteiger partial charge in [0.15, 0.2) is 0 Å². The minimum Gasteiger partial charge on any atom is -0.368 e. The quantitative estimate of drug-likeness (QED) is 0.784. The Hall–Kier alpha value is -2.10. The largest absolute Gasteiger partial charge is 0.368 e. The van der Waals surface area contributed by atoms with Gasteiger partial charge in [0.25, 0.3) is 5.91 Å². The molecule has 2 amide bonds. The van der Waals surface area contributed by atoms with Gasteiger partial charge in [0.1, 0.15) is 17.7 Å². The summed E-state index contributed by atoms with van der Waals surface area (Å²) in [4.78, 5) is 31.5. The third-order valence-corrected chi connectivity index (χ3v) is 6.20. The fourth-order valence-corrected chi connectivity index (χ4v) is 4.45. The van der Waals surface area contributed by atoms with E-state index in [2.05, 4.69) is 10.2 Å². The van der Waals surface area contributed by atoms with Crippen molar-refractivity contribution in [3.05, 3.63) is 29.8 Å². The number of nitrogens with one attached hydrogen (secondary N) is 1. The number of carbonyl (C=O) groups excluding carboxylic acids is 2. The summed E-state index contributed by atoms with van der Waals surface area (Å²) in [7, 11) is 2.03. The van der Waals surface area contributed by atoms with Crippen LogP contribution in [-0.2, 0) is 14.3 Å². The van der Waals surface area contributed by atoms with Gasteiger partial charge in [0.2, 0.25) is 5.91 Å². The van der Waals surface area contributed by atoms with Gasteiger partial charge in [-0.15, -0.1) is 0 Å². The Bertz CT molecular complexity index is 794.